The summed E-state index contributed by atoms with van der Waals surface area (Å²) in [5.41, 5.74) is 1.59. The van der Waals surface area contributed by atoms with E-state index in [4.69, 9.17) is 14.2 Å². The standard InChI is InChI=1S/C18H19NO6S/c1-12-3-4-13(9-16(12)23-2)10-18(20)19-26(21,22)14-5-6-15-17(11-14)25-8-7-24-15/h3-6,9,11H,7-8,10H2,1-2H3,(H,19,20). The van der Waals surface area contributed by atoms with Gasteiger partial charge in [0.15, 0.2) is 11.5 Å². The van der Waals surface area contributed by atoms with Crippen LogP contribution in [0, 0.1) is 6.92 Å². The van der Waals surface area contributed by atoms with Gasteiger partial charge >= 0.3 is 0 Å². The Morgan fingerprint density at radius 2 is 1.85 bits per heavy atom. The van der Waals surface area contributed by atoms with Gasteiger partial charge in [0.1, 0.15) is 19.0 Å². The van der Waals surface area contributed by atoms with Crippen molar-refractivity contribution < 1.29 is 27.4 Å². The maximum Gasteiger partial charge on any atom is 0.264 e. The lowest BCUT2D eigenvalue weighted by molar-refractivity contribution is -0.118. The zero-order valence-corrected chi connectivity index (χ0v) is 15.3. The van der Waals surface area contributed by atoms with E-state index in [0.717, 1.165) is 5.56 Å². The minimum Gasteiger partial charge on any atom is -0.496 e. The fourth-order valence-electron chi connectivity index (χ4n) is 2.60. The molecule has 1 heterocycles. The number of hydrogen-bond donors (Lipinski definition) is 1. The number of carbonyl (C=O) groups excluding carboxylic acids is 1. The highest BCUT2D eigenvalue weighted by Gasteiger charge is 2.21. The quantitative estimate of drug-likeness (QED) is 0.855. The van der Waals surface area contributed by atoms with E-state index in [1.54, 1.807) is 19.2 Å². The van der Waals surface area contributed by atoms with E-state index in [0.29, 0.717) is 36.0 Å². The molecule has 0 bridgehead atoms. The number of rotatable bonds is 5. The van der Waals surface area contributed by atoms with E-state index in [2.05, 4.69) is 4.72 Å². The van der Waals surface area contributed by atoms with Gasteiger partial charge < -0.3 is 14.2 Å². The second kappa shape index (κ2) is 7.25. The fourth-order valence-corrected chi connectivity index (χ4v) is 3.59. The third kappa shape index (κ3) is 3.91. The molecule has 0 unspecified atom stereocenters. The Labute approximate surface area is 151 Å². The number of nitrogens with one attached hydrogen (secondary N) is 1. The van der Waals surface area contributed by atoms with Crippen LogP contribution in [0.2, 0.25) is 0 Å². The normalized spacial score (nSPS) is 13.2. The molecule has 1 N–H and O–H groups in total. The Bertz CT molecular complexity index is 939. The summed E-state index contributed by atoms with van der Waals surface area (Å²) in [7, 11) is -2.46. The fraction of sp³-hybridized carbons (Fsp3) is 0.278. The van der Waals surface area contributed by atoms with Gasteiger partial charge in [-0.3, -0.25) is 4.79 Å². The molecule has 0 atom stereocenters. The SMILES string of the molecule is COc1cc(CC(=O)NS(=O)(=O)c2ccc3c(c2)OCCO3)ccc1C. The summed E-state index contributed by atoms with van der Waals surface area (Å²) in [5.74, 6) is 0.832. The molecule has 8 heteroatoms. The molecule has 26 heavy (non-hydrogen) atoms. The maximum absolute atomic E-state index is 12.4. The predicted molar refractivity (Wildman–Crippen MR) is 94.2 cm³/mol. The number of methoxy groups -OCH3 is 1. The van der Waals surface area contributed by atoms with Gasteiger partial charge in [-0.25, -0.2) is 13.1 Å². The molecule has 0 aliphatic carbocycles. The minimum atomic E-state index is -4.00. The molecule has 0 saturated carbocycles. The molecule has 2 aromatic carbocycles. The van der Waals surface area contributed by atoms with Gasteiger partial charge in [0.05, 0.1) is 18.4 Å². The Hall–Kier alpha value is -2.74. The summed E-state index contributed by atoms with van der Waals surface area (Å²) in [6.45, 7) is 2.64. The van der Waals surface area contributed by atoms with E-state index in [1.165, 1.54) is 18.2 Å². The second-order valence-electron chi connectivity index (χ2n) is 5.81. The maximum atomic E-state index is 12.4. The lowest BCUT2D eigenvalue weighted by Gasteiger charge is -2.18. The highest BCUT2D eigenvalue weighted by molar-refractivity contribution is 7.90. The van der Waals surface area contributed by atoms with Gasteiger partial charge in [0.25, 0.3) is 10.0 Å². The van der Waals surface area contributed by atoms with Gasteiger partial charge in [0, 0.05) is 6.07 Å². The number of amides is 1. The van der Waals surface area contributed by atoms with Crippen LogP contribution in [0.5, 0.6) is 17.2 Å². The molecule has 2 aromatic rings. The van der Waals surface area contributed by atoms with Crippen LogP contribution in [-0.2, 0) is 21.2 Å². The van der Waals surface area contributed by atoms with Crippen LogP contribution in [0.4, 0.5) is 0 Å². The number of aryl methyl sites for hydroxylation is 1. The summed E-state index contributed by atoms with van der Waals surface area (Å²) in [6, 6.07) is 9.52. The smallest absolute Gasteiger partial charge is 0.264 e. The van der Waals surface area contributed by atoms with E-state index in [1.807, 2.05) is 13.0 Å². The van der Waals surface area contributed by atoms with E-state index < -0.39 is 15.9 Å². The van der Waals surface area contributed by atoms with Crippen LogP contribution in [0.3, 0.4) is 0 Å². The van der Waals surface area contributed by atoms with Gasteiger partial charge in [-0.1, -0.05) is 12.1 Å². The molecule has 1 aliphatic heterocycles. The third-order valence-corrected chi connectivity index (χ3v) is 5.28. The number of carbonyl (C=O) groups is 1. The zero-order valence-electron chi connectivity index (χ0n) is 14.4. The molecule has 0 spiro atoms. The summed E-state index contributed by atoms with van der Waals surface area (Å²) in [6.07, 6.45) is -0.0829. The monoisotopic (exact) mass is 377 g/mol. The molecule has 0 fully saturated rings. The summed E-state index contributed by atoms with van der Waals surface area (Å²) in [5, 5.41) is 0. The Morgan fingerprint density at radius 3 is 2.58 bits per heavy atom. The van der Waals surface area contributed by atoms with Crippen molar-refractivity contribution in [3.05, 3.63) is 47.5 Å². The van der Waals surface area contributed by atoms with Crippen molar-refractivity contribution in [2.45, 2.75) is 18.2 Å². The average Bonchev–Trinajstić information content (AvgIpc) is 2.62. The third-order valence-electron chi connectivity index (χ3n) is 3.91. The van der Waals surface area contributed by atoms with E-state index in [-0.39, 0.29) is 11.3 Å². The molecule has 1 amide bonds. The van der Waals surface area contributed by atoms with Gasteiger partial charge in [-0.15, -0.1) is 0 Å². The topological polar surface area (TPSA) is 90.9 Å². The van der Waals surface area contributed by atoms with Crippen LogP contribution in [0.15, 0.2) is 41.3 Å². The summed E-state index contributed by atoms with van der Waals surface area (Å²) >= 11 is 0. The van der Waals surface area contributed by atoms with Gasteiger partial charge in [-0.2, -0.15) is 0 Å². The van der Waals surface area contributed by atoms with Crippen molar-refractivity contribution in [3.8, 4) is 17.2 Å². The Morgan fingerprint density at radius 1 is 1.12 bits per heavy atom. The van der Waals surface area contributed by atoms with Crippen molar-refractivity contribution in [1.82, 2.24) is 4.72 Å². The van der Waals surface area contributed by atoms with Gasteiger partial charge in [-0.05, 0) is 36.2 Å². The summed E-state index contributed by atoms with van der Waals surface area (Å²) in [4.78, 5) is 12.1. The first-order valence-corrected chi connectivity index (χ1v) is 9.46. The van der Waals surface area contributed by atoms with Crippen LogP contribution in [0.1, 0.15) is 11.1 Å². The molecule has 0 radical (unpaired) electrons. The number of benzene rings is 2. The Kier molecular flexibility index (Phi) is 5.03. The number of sulfonamides is 1. The molecule has 7 nitrogen and oxygen atoms in total. The largest absolute Gasteiger partial charge is 0.496 e. The van der Waals surface area contributed by atoms with Crippen molar-refractivity contribution >= 4 is 15.9 Å². The number of hydrogen-bond acceptors (Lipinski definition) is 6. The highest BCUT2D eigenvalue weighted by atomic mass is 32.2. The highest BCUT2D eigenvalue weighted by Crippen LogP contribution is 2.32. The van der Waals surface area contributed by atoms with Crippen molar-refractivity contribution in [1.29, 1.82) is 0 Å². The molecular weight excluding hydrogens is 358 g/mol. The lowest BCUT2D eigenvalue weighted by atomic mass is 10.1. The van der Waals surface area contributed by atoms with Gasteiger partial charge in [0.2, 0.25) is 5.91 Å². The first kappa shape index (κ1) is 18.1. The zero-order chi connectivity index (χ0) is 18.7. The Balaban J connectivity index is 1.74. The summed E-state index contributed by atoms with van der Waals surface area (Å²) < 4.78 is 42.9. The predicted octanol–water partition coefficient (Wildman–Crippen LogP) is 1.82. The number of ether oxygens (including phenoxy) is 3. The van der Waals surface area contributed by atoms with E-state index in [9.17, 15) is 13.2 Å². The van der Waals surface area contributed by atoms with E-state index >= 15 is 0 Å². The molecule has 0 aromatic heterocycles. The van der Waals surface area contributed by atoms with Crippen LogP contribution in [0.25, 0.3) is 0 Å². The van der Waals surface area contributed by atoms with Crippen molar-refractivity contribution in [2.75, 3.05) is 20.3 Å². The van der Waals surface area contributed by atoms with Crippen LogP contribution in [-0.4, -0.2) is 34.6 Å². The first-order chi connectivity index (χ1) is 12.4. The van der Waals surface area contributed by atoms with Crippen LogP contribution >= 0.6 is 0 Å². The van der Waals surface area contributed by atoms with Crippen molar-refractivity contribution in [3.63, 3.8) is 0 Å². The number of fused-ring (bicyclic) bond motifs is 1. The first-order valence-electron chi connectivity index (χ1n) is 7.98. The molecule has 138 valence electrons. The molecular formula is C18H19NO6S. The molecule has 1 aliphatic rings. The molecule has 3 rings (SSSR count). The minimum absolute atomic E-state index is 0.0587. The molecule has 0 saturated heterocycles. The second-order valence-corrected chi connectivity index (χ2v) is 7.50. The van der Waals surface area contributed by atoms with Crippen molar-refractivity contribution in [2.24, 2.45) is 0 Å². The lowest BCUT2D eigenvalue weighted by Crippen LogP contribution is -2.32. The van der Waals surface area contributed by atoms with Crippen LogP contribution < -0.4 is 18.9 Å². The average molecular weight is 377 g/mol.